The van der Waals surface area contributed by atoms with Crippen LogP contribution in [-0.2, 0) is 28.7 Å². The number of nitrogens with one attached hydrogen (secondary N) is 1. The van der Waals surface area contributed by atoms with E-state index in [-0.39, 0.29) is 59.4 Å². The Labute approximate surface area is 281 Å². The normalized spacial score (nSPS) is 14.8. The van der Waals surface area contributed by atoms with Crippen LogP contribution in [0.2, 0.25) is 0 Å². The number of carbonyl (C=O) groups is 5. The topological polar surface area (TPSA) is 135 Å². The van der Waals surface area contributed by atoms with Gasteiger partial charge in [0.1, 0.15) is 16.3 Å². The molecular formula is C36H32ClN3O8. The summed E-state index contributed by atoms with van der Waals surface area (Å²) in [4.78, 5) is 63.9. The number of imide groups is 2. The van der Waals surface area contributed by atoms with Crippen LogP contribution in [-0.4, -0.2) is 79.7 Å². The number of ketones is 1. The molecule has 12 heteroatoms. The van der Waals surface area contributed by atoms with Gasteiger partial charge in [0.15, 0.2) is 11.5 Å². The number of halogens is 1. The first-order valence-electron chi connectivity index (χ1n) is 14.9. The maximum Gasteiger partial charge on any atom is 0.278 e. The number of hydrogen-bond acceptors (Lipinski definition) is 9. The Morgan fingerprint density at radius 1 is 0.729 bits per heavy atom. The van der Waals surface area contributed by atoms with Crippen LogP contribution in [0.1, 0.15) is 28.6 Å². The monoisotopic (exact) mass is 669 g/mol. The predicted octanol–water partition coefficient (Wildman–Crippen LogP) is 5.13. The van der Waals surface area contributed by atoms with Crippen LogP contribution in [0.4, 0.5) is 5.69 Å². The Kier molecular flexibility index (Phi) is 10.6. The van der Waals surface area contributed by atoms with Crippen molar-refractivity contribution in [2.75, 3.05) is 45.8 Å². The van der Waals surface area contributed by atoms with E-state index in [1.54, 1.807) is 60.7 Å². The van der Waals surface area contributed by atoms with Crippen LogP contribution < -0.4 is 5.32 Å². The molecule has 0 saturated carbocycles. The van der Waals surface area contributed by atoms with Crippen molar-refractivity contribution in [3.63, 3.8) is 0 Å². The number of benzene rings is 3. The number of furan rings is 1. The Hall–Kier alpha value is -5.36. The van der Waals surface area contributed by atoms with Gasteiger partial charge >= 0.3 is 0 Å². The molecule has 0 radical (unpaired) electrons. The molecule has 48 heavy (non-hydrogen) atoms. The molecule has 3 aromatic carbocycles. The first-order chi connectivity index (χ1) is 23.2. The third-order valence-electron chi connectivity index (χ3n) is 7.58. The zero-order valence-electron chi connectivity index (χ0n) is 26.4. The molecule has 0 spiro atoms. The molecule has 3 heterocycles. The molecule has 0 aliphatic carbocycles. The van der Waals surface area contributed by atoms with E-state index in [4.69, 9.17) is 25.5 Å². The molecule has 0 unspecified atom stereocenters. The van der Waals surface area contributed by atoms with E-state index in [0.717, 1.165) is 10.3 Å². The quantitative estimate of drug-likeness (QED) is 0.170. The second-order valence-corrected chi connectivity index (χ2v) is 11.1. The van der Waals surface area contributed by atoms with Crippen molar-refractivity contribution in [2.24, 2.45) is 0 Å². The molecule has 2 aliphatic rings. The maximum absolute atomic E-state index is 13.0. The van der Waals surface area contributed by atoms with Gasteiger partial charge in [0, 0.05) is 32.2 Å². The third-order valence-corrected chi connectivity index (χ3v) is 7.93. The molecular weight excluding hydrogens is 638 g/mol. The van der Waals surface area contributed by atoms with Gasteiger partial charge in [-0.3, -0.25) is 33.8 Å². The number of ether oxygens (including phenoxy) is 2. The largest absolute Gasteiger partial charge is 0.453 e. The smallest absolute Gasteiger partial charge is 0.278 e. The summed E-state index contributed by atoms with van der Waals surface area (Å²) < 4.78 is 15.4. The molecule has 11 nitrogen and oxygen atoms in total. The van der Waals surface area contributed by atoms with Crippen LogP contribution in [0.3, 0.4) is 0 Å². The number of hydrogen-bond donors (Lipinski definition) is 1. The molecule has 0 bridgehead atoms. The third kappa shape index (κ3) is 6.98. The molecule has 1 aromatic heterocycles. The van der Waals surface area contributed by atoms with Gasteiger partial charge in [-0.2, -0.15) is 0 Å². The highest BCUT2D eigenvalue weighted by atomic mass is 35.5. The Morgan fingerprint density at radius 3 is 1.83 bits per heavy atom. The number of Topliss-reactive ketones (excluding diaryl/α,β-unsaturated/α-hetero) is 1. The van der Waals surface area contributed by atoms with Crippen molar-refractivity contribution in [2.45, 2.75) is 6.92 Å². The predicted molar refractivity (Wildman–Crippen MR) is 180 cm³/mol. The molecule has 1 N–H and O–H groups in total. The van der Waals surface area contributed by atoms with Crippen LogP contribution in [0.25, 0.3) is 22.1 Å². The zero-order valence-corrected chi connectivity index (χ0v) is 27.2. The summed E-state index contributed by atoms with van der Waals surface area (Å²) in [6, 6.07) is 24.9. The van der Waals surface area contributed by atoms with E-state index in [0.29, 0.717) is 34.6 Å². The molecule has 4 amide bonds. The molecule has 6 rings (SSSR count). The molecule has 246 valence electrons. The lowest BCUT2D eigenvalue weighted by Gasteiger charge is -2.14. The fourth-order valence-electron chi connectivity index (χ4n) is 5.18. The lowest BCUT2D eigenvalue weighted by atomic mass is 10.0. The minimum absolute atomic E-state index is 0.0256. The van der Waals surface area contributed by atoms with Crippen molar-refractivity contribution in [1.29, 1.82) is 0 Å². The number of amides is 4. The minimum Gasteiger partial charge on any atom is -0.453 e. The highest BCUT2D eigenvalue weighted by Crippen LogP contribution is 2.33. The summed E-state index contributed by atoms with van der Waals surface area (Å²) >= 11 is 5.96. The summed E-state index contributed by atoms with van der Waals surface area (Å²) in [7, 11) is 3.03. The van der Waals surface area contributed by atoms with E-state index in [1.807, 2.05) is 24.3 Å². The minimum atomic E-state index is -0.461. The summed E-state index contributed by atoms with van der Waals surface area (Å²) in [5, 5.41) is 3.80. The maximum atomic E-state index is 13.0. The molecule has 2 aliphatic heterocycles. The Morgan fingerprint density at radius 2 is 1.27 bits per heavy atom. The van der Waals surface area contributed by atoms with E-state index in [2.05, 4.69) is 5.32 Å². The fraction of sp³-hybridized carbons (Fsp3) is 0.194. The number of anilines is 1. The van der Waals surface area contributed by atoms with Gasteiger partial charge in [0.2, 0.25) is 0 Å². The van der Waals surface area contributed by atoms with Crippen molar-refractivity contribution in [1.82, 2.24) is 9.80 Å². The van der Waals surface area contributed by atoms with Crippen molar-refractivity contribution < 1.29 is 37.9 Å². The van der Waals surface area contributed by atoms with Crippen molar-refractivity contribution in [3.05, 3.63) is 113 Å². The fourth-order valence-corrected chi connectivity index (χ4v) is 5.47. The Bertz CT molecular complexity index is 1950. The first kappa shape index (κ1) is 34.0. The van der Waals surface area contributed by atoms with Crippen molar-refractivity contribution in [3.8, 4) is 0 Å². The van der Waals surface area contributed by atoms with Crippen LogP contribution in [0.15, 0.2) is 100 Å². The summed E-state index contributed by atoms with van der Waals surface area (Å²) in [5.74, 6) is -1.50. The van der Waals surface area contributed by atoms with Gasteiger partial charge < -0.3 is 19.2 Å². The van der Waals surface area contributed by atoms with Gasteiger partial charge in [0.05, 0.1) is 37.4 Å². The lowest BCUT2D eigenvalue weighted by molar-refractivity contribution is -0.138. The molecule has 0 atom stereocenters. The van der Waals surface area contributed by atoms with Gasteiger partial charge in [0.25, 0.3) is 23.6 Å². The van der Waals surface area contributed by atoms with Crippen LogP contribution in [0, 0.1) is 0 Å². The summed E-state index contributed by atoms with van der Waals surface area (Å²) in [6.07, 6.45) is 0. The number of nitrogens with zero attached hydrogens (tertiary/aromatic N) is 2. The second-order valence-electron chi connectivity index (χ2n) is 10.7. The average molecular weight is 670 g/mol. The van der Waals surface area contributed by atoms with E-state index in [1.165, 1.54) is 26.0 Å². The lowest BCUT2D eigenvalue weighted by Crippen LogP contribution is -2.35. The SMILES string of the molecule is COCCN1C(=O)C(Cl)=C(c2ccccc2)C1=O.COCCN1C(=O)C(Nc2ccc3oc(C(C)=O)cc3c2)=C(c2ccccc2)C1=O. The average Bonchev–Trinajstić information content (AvgIpc) is 3.69. The zero-order chi connectivity index (χ0) is 34.4. The first-order valence-corrected chi connectivity index (χ1v) is 15.3. The van der Waals surface area contributed by atoms with Gasteiger partial charge in [-0.05, 0) is 35.4 Å². The number of rotatable bonds is 11. The van der Waals surface area contributed by atoms with Gasteiger partial charge in [-0.1, -0.05) is 72.3 Å². The second kappa shape index (κ2) is 15.0. The Balaban J connectivity index is 0.000000214. The van der Waals surface area contributed by atoms with Gasteiger partial charge in [-0.25, -0.2) is 0 Å². The summed E-state index contributed by atoms with van der Waals surface area (Å²) in [6.45, 7) is 2.36. The highest BCUT2D eigenvalue weighted by molar-refractivity contribution is 6.55. The van der Waals surface area contributed by atoms with E-state index < -0.39 is 11.8 Å². The van der Waals surface area contributed by atoms with Crippen molar-refractivity contribution >= 4 is 68.8 Å². The molecule has 0 saturated heterocycles. The highest BCUT2D eigenvalue weighted by Gasteiger charge is 2.39. The number of fused-ring (bicyclic) bond motifs is 1. The van der Waals surface area contributed by atoms with Gasteiger partial charge in [-0.15, -0.1) is 0 Å². The number of methoxy groups -OCH3 is 2. The molecule has 4 aromatic rings. The standard InChI is InChI=1S/C23H20N2O5.C13H12ClNO3/c1-14(26)19-13-16-12-17(8-9-18(16)30-19)24-21-20(15-6-4-3-5-7-15)22(27)25(23(21)28)10-11-29-2;1-18-8-7-15-12(16)10(11(14)13(15)17)9-5-3-2-4-6-9/h3-9,12-13,24H,10-11H2,1-2H3;2-6H,7-8H2,1H3. The number of carbonyl (C=O) groups excluding carboxylic acids is 5. The summed E-state index contributed by atoms with van der Waals surface area (Å²) in [5.41, 5.74) is 3.26. The van der Waals surface area contributed by atoms with Crippen LogP contribution >= 0.6 is 11.6 Å². The molecule has 0 fully saturated rings. The van der Waals surface area contributed by atoms with E-state index >= 15 is 0 Å². The van der Waals surface area contributed by atoms with Crippen LogP contribution in [0.5, 0.6) is 0 Å². The van der Waals surface area contributed by atoms with E-state index in [9.17, 15) is 24.0 Å².